The molecule has 0 bridgehead atoms. The summed E-state index contributed by atoms with van der Waals surface area (Å²) in [6.07, 6.45) is 6.96. The van der Waals surface area contributed by atoms with Gasteiger partial charge in [0.25, 0.3) is 0 Å². The monoisotopic (exact) mass is 983 g/mol. The van der Waals surface area contributed by atoms with Gasteiger partial charge >= 0.3 is 0 Å². The van der Waals surface area contributed by atoms with Crippen molar-refractivity contribution in [1.29, 1.82) is 0 Å². The van der Waals surface area contributed by atoms with Gasteiger partial charge in [0.05, 0.1) is 11.4 Å². The Morgan fingerprint density at radius 2 is 0.682 bits per heavy atom. The molecular weight excluding hydrogens is 934 g/mol. The highest BCUT2D eigenvalue weighted by Gasteiger charge is 2.27. The number of hydrogen-bond acceptors (Lipinski definition) is 2. The van der Waals surface area contributed by atoms with Gasteiger partial charge in [-0.1, -0.05) is 168 Å². The van der Waals surface area contributed by atoms with Crippen LogP contribution in [-0.4, -0.2) is 0 Å². The van der Waals surface area contributed by atoms with Gasteiger partial charge in [-0.25, -0.2) is 0 Å². The number of halogens is 2. The average Bonchev–Trinajstić information content (AvgIpc) is 3.37. The minimum Gasteiger partial charge on any atom is -0.453 e. The maximum Gasteiger partial charge on any atom is 0.152 e. The number of anilines is 3. The van der Waals surface area contributed by atoms with Crippen LogP contribution in [0.3, 0.4) is 0 Å². The summed E-state index contributed by atoms with van der Waals surface area (Å²) in [7, 11) is 0. The molecule has 66 heavy (non-hydrogen) atoms. The van der Waals surface area contributed by atoms with Crippen molar-refractivity contribution in [3.8, 4) is 78.3 Å². The van der Waals surface area contributed by atoms with E-state index in [0.717, 1.165) is 72.6 Å². The minimum atomic E-state index is 0.786. The molecule has 0 fully saturated rings. The van der Waals surface area contributed by atoms with Gasteiger partial charge in [-0.2, -0.15) is 0 Å². The molecular formula is C62H51Br2NO. The van der Waals surface area contributed by atoms with Crippen LogP contribution in [0, 0.1) is 0 Å². The van der Waals surface area contributed by atoms with Gasteiger partial charge in [0.15, 0.2) is 11.5 Å². The number of rotatable bonds is 13. The molecule has 0 atom stereocenters. The molecule has 10 rings (SSSR count). The Balaban J connectivity index is 1.21. The molecule has 0 unspecified atom stereocenters. The lowest BCUT2D eigenvalue weighted by Crippen LogP contribution is -2.16. The summed E-state index contributed by atoms with van der Waals surface area (Å²) >= 11 is 7.46. The summed E-state index contributed by atoms with van der Waals surface area (Å²) in [5, 5.41) is 0. The Labute approximate surface area is 406 Å². The molecule has 1 aliphatic rings. The Morgan fingerprint density at radius 3 is 1.05 bits per heavy atom. The lowest BCUT2D eigenvalue weighted by atomic mass is 9.89. The molecule has 0 saturated carbocycles. The van der Waals surface area contributed by atoms with Crippen LogP contribution in [0.15, 0.2) is 209 Å². The highest BCUT2D eigenvalue weighted by atomic mass is 79.9. The van der Waals surface area contributed by atoms with Crippen molar-refractivity contribution >= 4 is 48.9 Å². The van der Waals surface area contributed by atoms with Crippen LogP contribution < -0.4 is 9.64 Å². The van der Waals surface area contributed by atoms with Crippen LogP contribution in [0.2, 0.25) is 0 Å². The number of fused-ring (bicyclic) bond motifs is 2. The third-order valence-electron chi connectivity index (χ3n) is 12.7. The van der Waals surface area contributed by atoms with Crippen molar-refractivity contribution in [2.24, 2.45) is 0 Å². The standard InChI is InChI=1S/C62H51Br2NO/c1-3-5-13-42-19-23-46(24-20-42)50-31-48(44-15-9-7-10-16-44)33-52(35-50)54-37-55(39-58(38-54)65-59-29-27-56(63)40-61(59)66-62-41-57(64)28-30-60(62)65)53-34-49(45-17-11-8-12-18-45)32-51(36-53)47-25-21-43(22-26-47)14-6-4-2/h7-12,15-41H,3-6,13-14H2,1-2H3. The molecule has 0 spiro atoms. The van der Waals surface area contributed by atoms with Crippen molar-refractivity contribution in [2.75, 3.05) is 4.90 Å². The first-order valence-corrected chi connectivity index (χ1v) is 24.8. The van der Waals surface area contributed by atoms with Crippen LogP contribution >= 0.6 is 31.9 Å². The summed E-state index contributed by atoms with van der Waals surface area (Å²) in [5.41, 5.74) is 19.8. The Morgan fingerprint density at radius 1 is 0.348 bits per heavy atom. The van der Waals surface area contributed by atoms with E-state index in [1.165, 1.54) is 81.3 Å². The molecule has 0 radical (unpaired) electrons. The number of nitrogens with zero attached hydrogens (tertiary/aromatic N) is 1. The highest BCUT2D eigenvalue weighted by Crippen LogP contribution is 2.53. The number of aryl methyl sites for hydroxylation is 2. The van der Waals surface area contributed by atoms with Crippen LogP contribution in [0.25, 0.3) is 66.8 Å². The molecule has 0 aromatic heterocycles. The van der Waals surface area contributed by atoms with Gasteiger partial charge in [-0.3, -0.25) is 0 Å². The van der Waals surface area contributed by atoms with E-state index in [1.54, 1.807) is 0 Å². The fourth-order valence-electron chi connectivity index (χ4n) is 9.11. The summed E-state index contributed by atoms with van der Waals surface area (Å²) in [6.45, 7) is 4.51. The molecule has 0 N–H and O–H groups in total. The topological polar surface area (TPSA) is 12.5 Å². The van der Waals surface area contributed by atoms with Gasteiger partial charge in [0.2, 0.25) is 0 Å². The molecule has 1 aliphatic heterocycles. The van der Waals surface area contributed by atoms with E-state index in [9.17, 15) is 0 Å². The second-order valence-electron chi connectivity index (χ2n) is 17.4. The van der Waals surface area contributed by atoms with E-state index in [-0.39, 0.29) is 0 Å². The molecule has 0 amide bonds. The van der Waals surface area contributed by atoms with Crippen LogP contribution in [0.1, 0.15) is 50.7 Å². The maximum absolute atomic E-state index is 6.64. The smallest absolute Gasteiger partial charge is 0.152 e. The van der Waals surface area contributed by atoms with Gasteiger partial charge in [-0.15, -0.1) is 0 Å². The number of hydrogen-bond donors (Lipinski definition) is 0. The fourth-order valence-corrected chi connectivity index (χ4v) is 9.79. The van der Waals surface area contributed by atoms with Gasteiger partial charge in [0, 0.05) is 14.6 Å². The second-order valence-corrected chi connectivity index (χ2v) is 19.2. The predicted octanol–water partition coefficient (Wildman–Crippen LogP) is 19.5. The molecule has 324 valence electrons. The third kappa shape index (κ3) is 9.45. The first-order chi connectivity index (χ1) is 32.4. The lowest BCUT2D eigenvalue weighted by Gasteiger charge is -2.33. The zero-order chi connectivity index (χ0) is 45.0. The van der Waals surface area contributed by atoms with E-state index in [2.05, 4.69) is 251 Å². The van der Waals surface area contributed by atoms with Crippen molar-refractivity contribution in [1.82, 2.24) is 0 Å². The van der Waals surface area contributed by atoms with Crippen molar-refractivity contribution in [3.05, 3.63) is 220 Å². The molecule has 4 heteroatoms. The van der Waals surface area contributed by atoms with Crippen LogP contribution in [-0.2, 0) is 12.8 Å². The van der Waals surface area contributed by atoms with E-state index in [1.807, 2.05) is 0 Å². The van der Waals surface area contributed by atoms with E-state index in [0.29, 0.717) is 0 Å². The quantitative estimate of drug-likeness (QED) is 0.114. The highest BCUT2D eigenvalue weighted by molar-refractivity contribution is 9.10. The van der Waals surface area contributed by atoms with E-state index < -0.39 is 0 Å². The molecule has 9 aromatic rings. The largest absolute Gasteiger partial charge is 0.453 e. The maximum atomic E-state index is 6.64. The number of benzene rings is 9. The number of ether oxygens (including phenoxy) is 1. The summed E-state index contributed by atoms with van der Waals surface area (Å²) < 4.78 is 8.56. The van der Waals surface area contributed by atoms with Crippen LogP contribution in [0.5, 0.6) is 11.5 Å². The SMILES string of the molecule is CCCCc1ccc(-c2cc(-c3ccccc3)cc(-c3cc(-c4cc(-c5ccccc5)cc(-c5ccc(CCCC)cc5)c4)cc(N4c5ccc(Br)cc5Oc5cc(Br)ccc54)c3)c2)cc1. The summed E-state index contributed by atoms with van der Waals surface area (Å²) in [4.78, 5) is 2.36. The summed E-state index contributed by atoms with van der Waals surface area (Å²) in [5.74, 6) is 1.57. The van der Waals surface area contributed by atoms with Gasteiger partial charge in [-0.05, 0) is 195 Å². The average molecular weight is 986 g/mol. The first-order valence-electron chi connectivity index (χ1n) is 23.2. The normalized spacial score (nSPS) is 11.8. The molecule has 0 saturated heterocycles. The zero-order valence-corrected chi connectivity index (χ0v) is 40.6. The van der Waals surface area contributed by atoms with Crippen molar-refractivity contribution in [3.63, 3.8) is 0 Å². The van der Waals surface area contributed by atoms with E-state index >= 15 is 0 Å². The lowest BCUT2D eigenvalue weighted by molar-refractivity contribution is 0.476. The van der Waals surface area contributed by atoms with Gasteiger partial charge in [0.1, 0.15) is 0 Å². The fraction of sp³-hybridized carbons (Fsp3) is 0.129. The second kappa shape index (κ2) is 19.6. The Hall–Kier alpha value is -6.46. The van der Waals surface area contributed by atoms with Crippen molar-refractivity contribution in [2.45, 2.75) is 52.4 Å². The first kappa shape index (κ1) is 43.4. The summed E-state index contributed by atoms with van der Waals surface area (Å²) in [6, 6.07) is 73.8. The molecule has 1 heterocycles. The Kier molecular flexibility index (Phi) is 12.9. The Bertz CT molecular complexity index is 2930. The third-order valence-corrected chi connectivity index (χ3v) is 13.7. The molecule has 9 aromatic carbocycles. The zero-order valence-electron chi connectivity index (χ0n) is 37.4. The van der Waals surface area contributed by atoms with Gasteiger partial charge < -0.3 is 9.64 Å². The predicted molar refractivity (Wildman–Crippen MR) is 286 cm³/mol. The molecule has 2 nitrogen and oxygen atoms in total. The molecule has 0 aliphatic carbocycles. The van der Waals surface area contributed by atoms with Crippen molar-refractivity contribution < 1.29 is 4.74 Å². The minimum absolute atomic E-state index is 0.786. The van der Waals surface area contributed by atoms with Crippen LogP contribution in [0.4, 0.5) is 17.1 Å². The number of unbranched alkanes of at least 4 members (excludes halogenated alkanes) is 2. The van der Waals surface area contributed by atoms with E-state index in [4.69, 9.17) is 4.74 Å².